The molecule has 0 aromatic carbocycles. The molecule has 146 valence electrons. The van der Waals surface area contributed by atoms with Crippen LogP contribution in [0.3, 0.4) is 0 Å². The van der Waals surface area contributed by atoms with Crippen LogP contribution in [0, 0.1) is 5.92 Å². The molecule has 9 heteroatoms. The van der Waals surface area contributed by atoms with Gasteiger partial charge in [-0.05, 0) is 31.6 Å². The van der Waals surface area contributed by atoms with Gasteiger partial charge in [-0.15, -0.1) is 5.10 Å². The molecule has 3 heterocycles. The van der Waals surface area contributed by atoms with Crippen molar-refractivity contribution in [2.45, 2.75) is 38.6 Å². The van der Waals surface area contributed by atoms with E-state index in [9.17, 15) is 4.79 Å². The molecule has 1 saturated carbocycles. The number of hydrogen-bond donors (Lipinski definition) is 1. The average Bonchev–Trinajstić information content (AvgIpc) is 3.06. The smallest absolute Gasteiger partial charge is 0.234 e. The van der Waals surface area contributed by atoms with Crippen LogP contribution in [0.15, 0.2) is 6.33 Å². The van der Waals surface area contributed by atoms with E-state index in [1.165, 1.54) is 12.8 Å². The first-order valence-corrected chi connectivity index (χ1v) is 9.87. The first-order valence-electron chi connectivity index (χ1n) is 9.87. The van der Waals surface area contributed by atoms with Gasteiger partial charge < -0.3 is 10.2 Å². The van der Waals surface area contributed by atoms with Crippen LogP contribution >= 0.6 is 0 Å². The number of rotatable bonds is 4. The van der Waals surface area contributed by atoms with Crippen LogP contribution in [0.1, 0.15) is 32.6 Å². The summed E-state index contributed by atoms with van der Waals surface area (Å²) in [4.78, 5) is 25.5. The Morgan fingerprint density at radius 3 is 2.63 bits per heavy atom. The molecular formula is C18H28N8O. The molecule has 2 aromatic heterocycles. The highest BCUT2D eigenvalue weighted by molar-refractivity contribution is 5.82. The van der Waals surface area contributed by atoms with Gasteiger partial charge in [0.2, 0.25) is 5.91 Å². The lowest BCUT2D eigenvalue weighted by Crippen LogP contribution is -2.51. The van der Waals surface area contributed by atoms with Crippen LogP contribution in [-0.2, 0) is 11.8 Å². The Kier molecular flexibility index (Phi) is 5.20. The lowest BCUT2D eigenvalue weighted by Gasteiger charge is -2.35. The zero-order valence-electron chi connectivity index (χ0n) is 16.1. The van der Waals surface area contributed by atoms with Gasteiger partial charge in [0.15, 0.2) is 17.0 Å². The van der Waals surface area contributed by atoms with Crippen LogP contribution in [0.25, 0.3) is 11.2 Å². The van der Waals surface area contributed by atoms with E-state index in [1.807, 2.05) is 7.05 Å². The van der Waals surface area contributed by atoms with Gasteiger partial charge in [-0.3, -0.25) is 9.69 Å². The summed E-state index contributed by atoms with van der Waals surface area (Å²) in [5, 5.41) is 11.5. The molecule has 4 rings (SSSR count). The normalized spacial score (nSPS) is 24.3. The number of nitrogens with one attached hydrogen (secondary N) is 1. The lowest BCUT2D eigenvalue weighted by atomic mass is 9.87. The fourth-order valence-electron chi connectivity index (χ4n) is 4.07. The molecule has 2 aliphatic rings. The van der Waals surface area contributed by atoms with E-state index in [0.29, 0.717) is 12.6 Å². The molecule has 1 saturated heterocycles. The predicted octanol–water partition coefficient (Wildman–Crippen LogP) is 0.575. The SMILES string of the molecule is CC1CCC(NC(=O)CN2CCN(c3ncnc4c3nnn4C)CC2)CC1. The number of piperazine rings is 1. The zero-order valence-corrected chi connectivity index (χ0v) is 16.1. The van der Waals surface area contributed by atoms with E-state index in [1.54, 1.807) is 11.0 Å². The van der Waals surface area contributed by atoms with E-state index in [4.69, 9.17) is 0 Å². The topological polar surface area (TPSA) is 92.1 Å². The van der Waals surface area contributed by atoms with Crippen molar-refractivity contribution < 1.29 is 4.79 Å². The monoisotopic (exact) mass is 372 g/mol. The summed E-state index contributed by atoms with van der Waals surface area (Å²) in [6, 6.07) is 0.362. The van der Waals surface area contributed by atoms with Gasteiger partial charge in [0.1, 0.15) is 6.33 Å². The molecule has 27 heavy (non-hydrogen) atoms. The van der Waals surface area contributed by atoms with Gasteiger partial charge in [0, 0.05) is 39.3 Å². The fraction of sp³-hybridized carbons (Fsp3) is 0.722. The van der Waals surface area contributed by atoms with Crippen molar-refractivity contribution in [1.29, 1.82) is 0 Å². The predicted molar refractivity (Wildman–Crippen MR) is 102 cm³/mol. The summed E-state index contributed by atoms with van der Waals surface area (Å²) in [6.45, 7) is 6.07. The largest absolute Gasteiger partial charge is 0.352 e. The molecule has 0 atom stereocenters. The van der Waals surface area contributed by atoms with Gasteiger partial charge >= 0.3 is 0 Å². The van der Waals surface area contributed by atoms with Crippen molar-refractivity contribution in [2.75, 3.05) is 37.6 Å². The van der Waals surface area contributed by atoms with E-state index in [-0.39, 0.29) is 5.91 Å². The van der Waals surface area contributed by atoms with Gasteiger partial charge in [0.25, 0.3) is 0 Å². The van der Waals surface area contributed by atoms with E-state index >= 15 is 0 Å². The van der Waals surface area contributed by atoms with E-state index in [0.717, 1.165) is 61.9 Å². The molecule has 9 nitrogen and oxygen atoms in total. The second-order valence-corrected chi connectivity index (χ2v) is 7.87. The van der Waals surface area contributed by atoms with Crippen molar-refractivity contribution in [3.8, 4) is 0 Å². The molecule has 1 aliphatic heterocycles. The third kappa shape index (κ3) is 4.02. The number of aromatic nitrogens is 5. The fourth-order valence-corrected chi connectivity index (χ4v) is 4.07. The first-order chi connectivity index (χ1) is 13.1. The molecule has 1 aliphatic carbocycles. The maximum atomic E-state index is 12.4. The molecule has 1 amide bonds. The van der Waals surface area contributed by atoms with Crippen LogP contribution in [0.4, 0.5) is 5.82 Å². The molecule has 1 N–H and O–H groups in total. The minimum atomic E-state index is 0.154. The number of fused-ring (bicyclic) bond motifs is 1. The van der Waals surface area contributed by atoms with Gasteiger partial charge in [-0.25, -0.2) is 14.6 Å². The molecule has 2 fully saturated rings. The highest BCUT2D eigenvalue weighted by Gasteiger charge is 2.24. The van der Waals surface area contributed by atoms with Crippen molar-refractivity contribution in [1.82, 2.24) is 35.2 Å². The molecule has 2 aromatic rings. The number of nitrogens with zero attached hydrogens (tertiary/aromatic N) is 7. The average molecular weight is 372 g/mol. The van der Waals surface area contributed by atoms with Crippen LogP contribution in [-0.4, -0.2) is 74.5 Å². The molecule has 0 bridgehead atoms. The van der Waals surface area contributed by atoms with Crippen molar-refractivity contribution in [3.05, 3.63) is 6.33 Å². The van der Waals surface area contributed by atoms with Crippen molar-refractivity contribution in [3.63, 3.8) is 0 Å². The summed E-state index contributed by atoms with van der Waals surface area (Å²) in [7, 11) is 1.83. The number of anilines is 1. The Morgan fingerprint density at radius 2 is 1.89 bits per heavy atom. The van der Waals surface area contributed by atoms with E-state index < -0.39 is 0 Å². The van der Waals surface area contributed by atoms with E-state index in [2.05, 4.69) is 42.3 Å². The Balaban J connectivity index is 1.29. The summed E-state index contributed by atoms with van der Waals surface area (Å²) in [5.74, 6) is 1.78. The van der Waals surface area contributed by atoms with Crippen LogP contribution in [0.2, 0.25) is 0 Å². The first kappa shape index (κ1) is 18.1. The maximum absolute atomic E-state index is 12.4. The maximum Gasteiger partial charge on any atom is 0.234 e. The summed E-state index contributed by atoms with van der Waals surface area (Å²) in [6.07, 6.45) is 6.23. The highest BCUT2D eigenvalue weighted by atomic mass is 16.2. The number of carbonyl (C=O) groups excluding carboxylic acids is 1. The summed E-state index contributed by atoms with van der Waals surface area (Å²) >= 11 is 0. The highest BCUT2D eigenvalue weighted by Crippen LogP contribution is 2.23. The third-order valence-corrected chi connectivity index (χ3v) is 5.79. The minimum Gasteiger partial charge on any atom is -0.352 e. The molecule has 0 spiro atoms. The number of amides is 1. The Morgan fingerprint density at radius 1 is 1.15 bits per heavy atom. The second-order valence-electron chi connectivity index (χ2n) is 7.87. The van der Waals surface area contributed by atoms with Crippen LogP contribution in [0.5, 0.6) is 0 Å². The lowest BCUT2D eigenvalue weighted by molar-refractivity contribution is -0.123. The molecule has 0 radical (unpaired) electrons. The standard InChI is InChI=1S/C18H28N8O/c1-13-3-5-14(6-4-13)21-15(27)11-25-7-9-26(10-8-25)18-16-17(19-12-20-18)24(2)23-22-16/h12-14H,3-11H2,1-2H3,(H,21,27). The number of aryl methyl sites for hydroxylation is 1. The second kappa shape index (κ2) is 7.75. The zero-order chi connectivity index (χ0) is 18.8. The van der Waals surface area contributed by atoms with Gasteiger partial charge in [-0.1, -0.05) is 12.1 Å². The Bertz CT molecular complexity index is 790. The summed E-state index contributed by atoms with van der Waals surface area (Å²) in [5.41, 5.74) is 1.47. The van der Waals surface area contributed by atoms with Crippen molar-refractivity contribution >= 4 is 22.9 Å². The van der Waals surface area contributed by atoms with Gasteiger partial charge in [0.05, 0.1) is 6.54 Å². The van der Waals surface area contributed by atoms with Crippen LogP contribution < -0.4 is 10.2 Å². The Hall–Kier alpha value is -2.29. The molecular weight excluding hydrogens is 344 g/mol. The third-order valence-electron chi connectivity index (χ3n) is 5.79. The Labute approximate surface area is 159 Å². The minimum absolute atomic E-state index is 0.154. The quantitative estimate of drug-likeness (QED) is 0.839. The number of carbonyl (C=O) groups is 1. The van der Waals surface area contributed by atoms with Gasteiger partial charge in [-0.2, -0.15) is 0 Å². The number of hydrogen-bond acceptors (Lipinski definition) is 7. The molecule has 0 unspecified atom stereocenters. The summed E-state index contributed by atoms with van der Waals surface area (Å²) < 4.78 is 1.66. The van der Waals surface area contributed by atoms with Crippen molar-refractivity contribution in [2.24, 2.45) is 13.0 Å².